The van der Waals surface area contributed by atoms with Crippen LogP contribution in [0.15, 0.2) is 30.3 Å². The Labute approximate surface area is 120 Å². The molecule has 0 aliphatic carbocycles. The Bertz CT molecular complexity index is 586. The van der Waals surface area contributed by atoms with Crippen LogP contribution in [0.2, 0.25) is 0 Å². The summed E-state index contributed by atoms with van der Waals surface area (Å²) in [5.74, 6) is 0.724. The van der Waals surface area contributed by atoms with Crippen LogP contribution in [0.4, 0.5) is 0 Å². The van der Waals surface area contributed by atoms with Gasteiger partial charge in [0.25, 0.3) is 0 Å². The van der Waals surface area contributed by atoms with Gasteiger partial charge < -0.3 is 5.73 Å². The Hall–Kier alpha value is -1.45. The minimum Gasteiger partial charge on any atom is -0.330 e. The largest absolute Gasteiger partial charge is 0.330 e. The van der Waals surface area contributed by atoms with E-state index in [0.717, 1.165) is 43.3 Å². The maximum Gasteiger partial charge on any atom is 0.0708 e. The molecule has 2 aromatic rings. The van der Waals surface area contributed by atoms with Gasteiger partial charge >= 0.3 is 0 Å². The molecule has 0 atom stereocenters. The summed E-state index contributed by atoms with van der Waals surface area (Å²) < 4.78 is 0. The Kier molecular flexibility index (Phi) is 3.99. The lowest BCUT2D eigenvalue weighted by Crippen LogP contribution is -2.35. The van der Waals surface area contributed by atoms with Crippen molar-refractivity contribution in [1.82, 2.24) is 9.88 Å². The molecule has 3 nitrogen and oxygen atoms in total. The van der Waals surface area contributed by atoms with Crippen LogP contribution < -0.4 is 5.73 Å². The number of rotatable bonds is 3. The van der Waals surface area contributed by atoms with E-state index < -0.39 is 0 Å². The molecule has 2 heterocycles. The molecule has 3 heteroatoms. The molecule has 1 aromatic carbocycles. The third kappa shape index (κ3) is 2.84. The fourth-order valence-corrected chi connectivity index (χ4v) is 3.15. The van der Waals surface area contributed by atoms with Gasteiger partial charge in [-0.05, 0) is 63.0 Å². The number of benzene rings is 1. The molecule has 1 aliphatic rings. The van der Waals surface area contributed by atoms with E-state index in [1.165, 1.54) is 23.8 Å². The van der Waals surface area contributed by atoms with Crippen molar-refractivity contribution < 1.29 is 0 Å². The number of likely N-dealkylation sites (tertiary alicyclic amines) is 1. The molecule has 1 fully saturated rings. The molecule has 0 spiro atoms. The summed E-state index contributed by atoms with van der Waals surface area (Å²) in [6, 6.07) is 10.7. The summed E-state index contributed by atoms with van der Waals surface area (Å²) in [4.78, 5) is 7.17. The first-order valence-electron chi connectivity index (χ1n) is 7.54. The molecule has 1 saturated heterocycles. The third-order valence-corrected chi connectivity index (χ3v) is 4.36. The second-order valence-electron chi connectivity index (χ2n) is 5.90. The van der Waals surface area contributed by atoms with Crippen LogP contribution in [0.5, 0.6) is 0 Å². The van der Waals surface area contributed by atoms with E-state index in [4.69, 9.17) is 5.73 Å². The van der Waals surface area contributed by atoms with Gasteiger partial charge in [0, 0.05) is 17.6 Å². The van der Waals surface area contributed by atoms with E-state index in [1.54, 1.807) is 0 Å². The molecule has 0 bridgehead atoms. The minimum absolute atomic E-state index is 0.724. The van der Waals surface area contributed by atoms with Crippen LogP contribution in [-0.2, 0) is 6.54 Å². The SMILES string of the molecule is Cc1cc(CN2CCC(CN)CC2)c2ccccc2n1. The normalized spacial score (nSPS) is 17.7. The molecule has 0 radical (unpaired) electrons. The molecule has 1 aliphatic heterocycles. The van der Waals surface area contributed by atoms with Crippen molar-refractivity contribution in [3.05, 3.63) is 41.6 Å². The molecule has 3 rings (SSSR count). The summed E-state index contributed by atoms with van der Waals surface area (Å²) >= 11 is 0. The first-order valence-corrected chi connectivity index (χ1v) is 7.54. The third-order valence-electron chi connectivity index (χ3n) is 4.36. The van der Waals surface area contributed by atoms with Gasteiger partial charge in [-0.2, -0.15) is 0 Å². The maximum atomic E-state index is 5.77. The lowest BCUT2D eigenvalue weighted by Gasteiger charge is -2.31. The van der Waals surface area contributed by atoms with Gasteiger partial charge in [-0.15, -0.1) is 0 Å². The number of pyridine rings is 1. The van der Waals surface area contributed by atoms with Gasteiger partial charge in [0.15, 0.2) is 0 Å². The van der Waals surface area contributed by atoms with E-state index in [9.17, 15) is 0 Å². The summed E-state index contributed by atoms with van der Waals surface area (Å²) in [7, 11) is 0. The monoisotopic (exact) mass is 269 g/mol. The van der Waals surface area contributed by atoms with Gasteiger partial charge in [-0.25, -0.2) is 0 Å². The molecular weight excluding hydrogens is 246 g/mol. The topological polar surface area (TPSA) is 42.1 Å². The van der Waals surface area contributed by atoms with Crippen LogP contribution in [0, 0.1) is 12.8 Å². The highest BCUT2D eigenvalue weighted by atomic mass is 15.1. The second-order valence-corrected chi connectivity index (χ2v) is 5.90. The van der Waals surface area contributed by atoms with Crippen molar-refractivity contribution in [3.8, 4) is 0 Å². The van der Waals surface area contributed by atoms with Gasteiger partial charge in [-0.3, -0.25) is 9.88 Å². The van der Waals surface area contributed by atoms with Crippen LogP contribution in [-0.4, -0.2) is 29.5 Å². The molecule has 2 N–H and O–H groups in total. The predicted octanol–water partition coefficient (Wildman–Crippen LogP) is 2.71. The highest BCUT2D eigenvalue weighted by Crippen LogP contribution is 2.22. The van der Waals surface area contributed by atoms with Gasteiger partial charge in [0.05, 0.1) is 5.52 Å². The summed E-state index contributed by atoms with van der Waals surface area (Å²) in [6.07, 6.45) is 2.47. The summed E-state index contributed by atoms with van der Waals surface area (Å²) in [5.41, 5.74) is 9.39. The number of hydrogen-bond donors (Lipinski definition) is 1. The first kappa shape index (κ1) is 13.5. The predicted molar refractivity (Wildman–Crippen MR) is 83.5 cm³/mol. The lowest BCUT2D eigenvalue weighted by atomic mass is 9.96. The van der Waals surface area contributed by atoms with Gasteiger partial charge in [0.2, 0.25) is 0 Å². The average molecular weight is 269 g/mol. The molecule has 0 amide bonds. The van der Waals surface area contributed by atoms with E-state index in [0.29, 0.717) is 0 Å². The van der Waals surface area contributed by atoms with Gasteiger partial charge in [-0.1, -0.05) is 18.2 Å². The van der Waals surface area contributed by atoms with Crippen molar-refractivity contribution in [2.75, 3.05) is 19.6 Å². The summed E-state index contributed by atoms with van der Waals surface area (Å²) in [5, 5.41) is 1.29. The zero-order chi connectivity index (χ0) is 13.9. The number of aryl methyl sites for hydroxylation is 1. The number of para-hydroxylation sites is 1. The standard InChI is InChI=1S/C17H23N3/c1-13-10-15(16-4-2-3-5-17(16)19-13)12-20-8-6-14(11-18)7-9-20/h2-5,10,14H,6-9,11-12,18H2,1H3. The van der Waals surface area contributed by atoms with Crippen molar-refractivity contribution in [3.63, 3.8) is 0 Å². The van der Waals surface area contributed by atoms with Gasteiger partial charge in [0.1, 0.15) is 0 Å². The van der Waals surface area contributed by atoms with Crippen molar-refractivity contribution >= 4 is 10.9 Å². The van der Waals surface area contributed by atoms with Crippen LogP contribution in [0.25, 0.3) is 10.9 Å². The average Bonchev–Trinajstić information content (AvgIpc) is 2.48. The molecule has 106 valence electrons. The van der Waals surface area contributed by atoms with E-state index in [1.807, 2.05) is 0 Å². The number of fused-ring (bicyclic) bond motifs is 1. The van der Waals surface area contributed by atoms with E-state index >= 15 is 0 Å². The lowest BCUT2D eigenvalue weighted by molar-refractivity contribution is 0.181. The number of nitrogens with two attached hydrogens (primary N) is 1. The van der Waals surface area contributed by atoms with E-state index in [-0.39, 0.29) is 0 Å². The Morgan fingerprint density at radius 3 is 2.75 bits per heavy atom. The molecule has 0 unspecified atom stereocenters. The zero-order valence-electron chi connectivity index (χ0n) is 12.2. The first-order chi connectivity index (χ1) is 9.76. The smallest absolute Gasteiger partial charge is 0.0708 e. The van der Waals surface area contributed by atoms with Crippen molar-refractivity contribution in [2.24, 2.45) is 11.7 Å². The molecule has 1 aromatic heterocycles. The Balaban J connectivity index is 1.81. The fourth-order valence-electron chi connectivity index (χ4n) is 3.15. The molecule has 20 heavy (non-hydrogen) atoms. The molecule has 0 saturated carbocycles. The quantitative estimate of drug-likeness (QED) is 0.931. The number of nitrogens with zero attached hydrogens (tertiary/aromatic N) is 2. The van der Waals surface area contributed by atoms with E-state index in [2.05, 4.69) is 47.1 Å². The second kappa shape index (κ2) is 5.90. The minimum atomic E-state index is 0.724. The van der Waals surface area contributed by atoms with Crippen molar-refractivity contribution in [1.29, 1.82) is 0 Å². The number of aromatic nitrogens is 1. The van der Waals surface area contributed by atoms with Crippen LogP contribution in [0.3, 0.4) is 0 Å². The van der Waals surface area contributed by atoms with Crippen LogP contribution >= 0.6 is 0 Å². The number of piperidine rings is 1. The Morgan fingerprint density at radius 1 is 1.25 bits per heavy atom. The highest BCUT2D eigenvalue weighted by molar-refractivity contribution is 5.82. The van der Waals surface area contributed by atoms with Crippen LogP contribution in [0.1, 0.15) is 24.1 Å². The fraction of sp³-hybridized carbons (Fsp3) is 0.471. The number of hydrogen-bond acceptors (Lipinski definition) is 3. The summed E-state index contributed by atoms with van der Waals surface area (Å²) in [6.45, 7) is 6.28. The highest BCUT2D eigenvalue weighted by Gasteiger charge is 2.18. The maximum absolute atomic E-state index is 5.77. The molecular formula is C17H23N3. The zero-order valence-corrected chi connectivity index (χ0v) is 12.2. The van der Waals surface area contributed by atoms with Crippen molar-refractivity contribution in [2.45, 2.75) is 26.3 Å². The Morgan fingerprint density at radius 2 is 2.00 bits per heavy atom.